The predicted molar refractivity (Wildman–Crippen MR) is 52.8 cm³/mol. The number of ether oxygens (including phenoxy) is 2. The number of hydrogen-bond acceptors (Lipinski definition) is 3. The van der Waals surface area contributed by atoms with Crippen molar-refractivity contribution in [1.82, 2.24) is 0 Å². The number of aliphatic hydroxyl groups is 1. The molecule has 3 heteroatoms. The fourth-order valence-electron chi connectivity index (χ4n) is 2.83. The zero-order valence-corrected chi connectivity index (χ0v) is 9.03. The molecule has 3 atom stereocenters. The summed E-state index contributed by atoms with van der Waals surface area (Å²) in [4.78, 5) is 0. The van der Waals surface area contributed by atoms with Crippen molar-refractivity contribution in [3.05, 3.63) is 0 Å². The Labute approximate surface area is 85.4 Å². The van der Waals surface area contributed by atoms with Crippen LogP contribution in [-0.2, 0) is 9.47 Å². The maximum Gasteiger partial charge on any atom is 0.169 e. The minimum absolute atomic E-state index is 0.209. The van der Waals surface area contributed by atoms with E-state index in [0.29, 0.717) is 11.8 Å². The number of aliphatic hydroxyl groups excluding tert-OH is 1. The minimum atomic E-state index is -0.293. The van der Waals surface area contributed by atoms with E-state index in [-0.39, 0.29) is 11.9 Å². The number of rotatable bonds is 2. The van der Waals surface area contributed by atoms with Crippen LogP contribution >= 0.6 is 0 Å². The largest absolute Gasteiger partial charge is 0.393 e. The topological polar surface area (TPSA) is 38.7 Å². The second-order valence-corrected chi connectivity index (χ2v) is 4.84. The molecule has 0 bridgehead atoms. The third-order valence-electron chi connectivity index (χ3n) is 3.47. The Morgan fingerprint density at radius 3 is 2.57 bits per heavy atom. The maximum absolute atomic E-state index is 9.38. The molecule has 2 fully saturated rings. The van der Waals surface area contributed by atoms with Crippen LogP contribution in [0, 0.1) is 11.8 Å². The molecule has 1 saturated carbocycles. The Kier molecular flexibility index (Phi) is 2.82. The van der Waals surface area contributed by atoms with Gasteiger partial charge in [-0.05, 0) is 25.2 Å². The van der Waals surface area contributed by atoms with Gasteiger partial charge in [-0.15, -0.1) is 0 Å². The zero-order valence-electron chi connectivity index (χ0n) is 9.03. The molecule has 14 heavy (non-hydrogen) atoms. The lowest BCUT2D eigenvalue weighted by molar-refractivity contribution is -0.154. The van der Waals surface area contributed by atoms with Crippen molar-refractivity contribution >= 4 is 0 Å². The molecule has 0 aromatic carbocycles. The van der Waals surface area contributed by atoms with Gasteiger partial charge in [0, 0.05) is 12.8 Å². The summed E-state index contributed by atoms with van der Waals surface area (Å²) >= 11 is 0. The molecule has 1 heterocycles. The average molecular weight is 200 g/mol. The van der Waals surface area contributed by atoms with E-state index >= 15 is 0 Å². The van der Waals surface area contributed by atoms with E-state index in [9.17, 15) is 5.11 Å². The summed E-state index contributed by atoms with van der Waals surface area (Å²) < 4.78 is 11.4. The molecule has 2 rings (SSSR count). The average Bonchev–Trinajstić information content (AvgIpc) is 2.61. The van der Waals surface area contributed by atoms with E-state index in [0.717, 1.165) is 32.5 Å². The van der Waals surface area contributed by atoms with Gasteiger partial charge in [0.2, 0.25) is 0 Å². The van der Waals surface area contributed by atoms with Crippen molar-refractivity contribution in [2.24, 2.45) is 11.8 Å². The lowest BCUT2D eigenvalue weighted by Crippen LogP contribution is -2.26. The number of hydrogen-bond donors (Lipinski definition) is 1. The van der Waals surface area contributed by atoms with E-state index in [4.69, 9.17) is 9.47 Å². The highest BCUT2D eigenvalue weighted by atomic mass is 16.7. The predicted octanol–water partition coefficient (Wildman–Crippen LogP) is 1.55. The van der Waals surface area contributed by atoms with E-state index in [1.165, 1.54) is 0 Å². The Bertz CT molecular complexity index is 197. The highest BCUT2D eigenvalue weighted by molar-refractivity contribution is 4.90. The third kappa shape index (κ3) is 1.95. The van der Waals surface area contributed by atoms with Crippen molar-refractivity contribution < 1.29 is 14.6 Å². The van der Waals surface area contributed by atoms with E-state index in [2.05, 4.69) is 6.92 Å². The molecule has 0 aromatic heterocycles. The van der Waals surface area contributed by atoms with Gasteiger partial charge in [-0.2, -0.15) is 0 Å². The van der Waals surface area contributed by atoms with Crippen LogP contribution in [0.4, 0.5) is 0 Å². The summed E-state index contributed by atoms with van der Waals surface area (Å²) in [6.45, 7) is 5.54. The highest BCUT2D eigenvalue weighted by Crippen LogP contribution is 2.45. The molecule has 82 valence electrons. The van der Waals surface area contributed by atoms with Crippen molar-refractivity contribution in [3.63, 3.8) is 0 Å². The van der Waals surface area contributed by atoms with Crippen LogP contribution in [0.3, 0.4) is 0 Å². The van der Waals surface area contributed by atoms with Crippen LogP contribution in [0.15, 0.2) is 0 Å². The van der Waals surface area contributed by atoms with Gasteiger partial charge in [0.15, 0.2) is 5.79 Å². The first-order chi connectivity index (χ1) is 6.61. The smallest absolute Gasteiger partial charge is 0.169 e. The van der Waals surface area contributed by atoms with Crippen LogP contribution in [-0.4, -0.2) is 30.2 Å². The van der Waals surface area contributed by atoms with Crippen molar-refractivity contribution in [2.75, 3.05) is 13.2 Å². The molecular formula is C11H20O3. The third-order valence-corrected chi connectivity index (χ3v) is 3.47. The molecule has 0 radical (unpaired) electrons. The lowest BCUT2D eigenvalue weighted by Gasteiger charge is -2.21. The first-order valence-electron chi connectivity index (χ1n) is 5.57. The summed E-state index contributed by atoms with van der Waals surface area (Å²) in [5, 5.41) is 9.38. The lowest BCUT2D eigenvalue weighted by atomic mass is 9.92. The molecule has 3 nitrogen and oxygen atoms in total. The highest BCUT2D eigenvalue weighted by Gasteiger charge is 2.47. The minimum Gasteiger partial charge on any atom is -0.393 e. The first kappa shape index (κ1) is 10.4. The van der Waals surface area contributed by atoms with Crippen molar-refractivity contribution in [2.45, 2.75) is 45.0 Å². The van der Waals surface area contributed by atoms with Crippen molar-refractivity contribution in [1.29, 1.82) is 0 Å². The fourth-order valence-corrected chi connectivity index (χ4v) is 2.83. The Morgan fingerprint density at radius 1 is 1.36 bits per heavy atom. The Morgan fingerprint density at radius 2 is 2.00 bits per heavy atom. The first-order valence-corrected chi connectivity index (χ1v) is 5.57. The van der Waals surface area contributed by atoms with Gasteiger partial charge in [0.05, 0.1) is 19.3 Å². The van der Waals surface area contributed by atoms with E-state index < -0.39 is 0 Å². The molecule has 1 spiro atoms. The molecule has 0 amide bonds. The maximum atomic E-state index is 9.38. The SMILES string of the molecule is CC(O)C[C@H]1CC2(C[C@H]1C)OCCO2. The second kappa shape index (κ2) is 3.80. The van der Waals surface area contributed by atoms with E-state index in [1.807, 2.05) is 6.92 Å². The summed E-state index contributed by atoms with van der Waals surface area (Å²) in [6, 6.07) is 0. The molecule has 0 aromatic rings. The second-order valence-electron chi connectivity index (χ2n) is 4.84. The molecule has 1 aliphatic heterocycles. The summed E-state index contributed by atoms with van der Waals surface area (Å²) in [5.41, 5.74) is 0. The normalized spacial score (nSPS) is 37.9. The van der Waals surface area contributed by atoms with Crippen LogP contribution in [0.25, 0.3) is 0 Å². The van der Waals surface area contributed by atoms with Crippen LogP contribution in [0.1, 0.15) is 33.1 Å². The molecular weight excluding hydrogens is 180 g/mol. The van der Waals surface area contributed by atoms with Crippen molar-refractivity contribution in [3.8, 4) is 0 Å². The van der Waals surface area contributed by atoms with Gasteiger partial charge in [-0.25, -0.2) is 0 Å². The molecule has 1 aliphatic carbocycles. The summed E-state index contributed by atoms with van der Waals surface area (Å²) in [5.74, 6) is 0.856. The van der Waals surface area contributed by atoms with Crippen LogP contribution < -0.4 is 0 Å². The molecule has 1 N–H and O–H groups in total. The Balaban J connectivity index is 1.95. The van der Waals surface area contributed by atoms with Gasteiger partial charge in [-0.3, -0.25) is 0 Å². The molecule has 1 unspecified atom stereocenters. The standard InChI is InChI=1S/C11H20O3/c1-8-6-11(13-3-4-14-11)7-10(8)5-9(2)12/h8-10,12H,3-7H2,1-2H3/t8-,9?,10+/m1/s1. The van der Waals surface area contributed by atoms with Gasteiger partial charge in [-0.1, -0.05) is 6.92 Å². The van der Waals surface area contributed by atoms with Gasteiger partial charge >= 0.3 is 0 Å². The quantitative estimate of drug-likeness (QED) is 0.735. The summed E-state index contributed by atoms with van der Waals surface area (Å²) in [7, 11) is 0. The summed E-state index contributed by atoms with van der Waals surface area (Å²) in [6.07, 6.45) is 2.61. The zero-order chi connectivity index (χ0) is 10.2. The monoisotopic (exact) mass is 200 g/mol. The fraction of sp³-hybridized carbons (Fsp3) is 1.00. The molecule has 1 saturated heterocycles. The van der Waals surface area contributed by atoms with Gasteiger partial charge < -0.3 is 14.6 Å². The van der Waals surface area contributed by atoms with E-state index in [1.54, 1.807) is 0 Å². The van der Waals surface area contributed by atoms with Crippen LogP contribution in [0.5, 0.6) is 0 Å². The Hall–Kier alpha value is -0.120. The molecule has 2 aliphatic rings. The van der Waals surface area contributed by atoms with Crippen LogP contribution in [0.2, 0.25) is 0 Å². The van der Waals surface area contributed by atoms with Gasteiger partial charge in [0.1, 0.15) is 0 Å². The van der Waals surface area contributed by atoms with Gasteiger partial charge in [0.25, 0.3) is 0 Å².